The second-order valence-electron chi connectivity index (χ2n) is 7.41. The molecule has 1 aliphatic heterocycles. The molecule has 10 heteroatoms. The first-order chi connectivity index (χ1) is 15.5. The van der Waals surface area contributed by atoms with Gasteiger partial charge in [-0.25, -0.2) is 9.37 Å². The maximum absolute atomic E-state index is 14.0. The number of methoxy groups -OCH3 is 1. The molecule has 0 aliphatic carbocycles. The van der Waals surface area contributed by atoms with Crippen molar-refractivity contribution in [1.29, 1.82) is 5.26 Å². The van der Waals surface area contributed by atoms with Crippen molar-refractivity contribution < 1.29 is 18.7 Å². The Morgan fingerprint density at radius 3 is 2.72 bits per heavy atom. The number of pyridine rings is 1. The minimum atomic E-state index is -0.524. The molecule has 1 amide bonds. The van der Waals surface area contributed by atoms with Crippen molar-refractivity contribution in [2.45, 2.75) is 31.9 Å². The van der Waals surface area contributed by atoms with Gasteiger partial charge >= 0.3 is 0 Å². The van der Waals surface area contributed by atoms with Crippen molar-refractivity contribution in [3.63, 3.8) is 0 Å². The Morgan fingerprint density at radius 2 is 2.00 bits per heavy atom. The van der Waals surface area contributed by atoms with Gasteiger partial charge in [-0.15, -0.1) is 0 Å². The molecule has 9 nitrogen and oxygen atoms in total. The first-order valence-corrected chi connectivity index (χ1v) is 10.1. The van der Waals surface area contributed by atoms with Crippen LogP contribution in [0, 0.1) is 17.1 Å². The van der Waals surface area contributed by atoms with E-state index >= 15 is 0 Å². The number of benzene rings is 1. The Bertz CT molecular complexity index is 1160. The summed E-state index contributed by atoms with van der Waals surface area (Å²) < 4.78 is 25.4. The number of rotatable bonds is 5. The van der Waals surface area contributed by atoms with E-state index in [0.29, 0.717) is 24.1 Å². The first kappa shape index (κ1) is 21.2. The number of hydrogen-bond acceptors (Lipinski definition) is 7. The number of carbonyl (C=O) groups is 1. The highest BCUT2D eigenvalue weighted by Crippen LogP contribution is 2.31. The second kappa shape index (κ2) is 9.01. The van der Waals surface area contributed by atoms with Gasteiger partial charge in [0.1, 0.15) is 23.6 Å². The van der Waals surface area contributed by atoms with Gasteiger partial charge in [0, 0.05) is 12.2 Å². The fraction of sp³-hybridized carbons (Fsp3) is 0.318. The van der Waals surface area contributed by atoms with Crippen LogP contribution in [-0.4, -0.2) is 56.6 Å². The summed E-state index contributed by atoms with van der Waals surface area (Å²) in [7, 11) is 1.44. The average Bonchev–Trinajstić information content (AvgIpc) is 3.34. The summed E-state index contributed by atoms with van der Waals surface area (Å²) in [5, 5.41) is 17.4. The quantitative estimate of drug-likeness (QED) is 0.605. The summed E-state index contributed by atoms with van der Waals surface area (Å²) >= 11 is 0. The van der Waals surface area contributed by atoms with Gasteiger partial charge in [-0.3, -0.25) is 4.79 Å². The van der Waals surface area contributed by atoms with E-state index in [4.69, 9.17) is 9.47 Å². The normalized spacial score (nSPS) is 18.1. The molecule has 1 unspecified atom stereocenters. The van der Waals surface area contributed by atoms with Gasteiger partial charge in [-0.1, -0.05) is 0 Å². The summed E-state index contributed by atoms with van der Waals surface area (Å²) in [4.78, 5) is 20.6. The topological polar surface area (TPSA) is 106 Å². The third-order valence-corrected chi connectivity index (χ3v) is 5.40. The molecule has 0 radical (unpaired) electrons. The number of aromatic nitrogens is 4. The number of nitrogens with zero attached hydrogens (tertiary/aromatic N) is 6. The average molecular weight is 436 g/mol. The number of nitriles is 1. The third-order valence-electron chi connectivity index (χ3n) is 5.40. The van der Waals surface area contributed by atoms with E-state index < -0.39 is 5.82 Å². The van der Waals surface area contributed by atoms with E-state index in [1.54, 1.807) is 11.0 Å². The molecule has 32 heavy (non-hydrogen) atoms. The molecule has 4 rings (SSSR count). The zero-order chi connectivity index (χ0) is 22.7. The molecule has 1 saturated heterocycles. The highest BCUT2D eigenvalue weighted by molar-refractivity contribution is 5.98. The zero-order valence-corrected chi connectivity index (χ0v) is 17.6. The van der Waals surface area contributed by atoms with Gasteiger partial charge in [0.05, 0.1) is 37.3 Å². The van der Waals surface area contributed by atoms with Crippen LogP contribution in [0.3, 0.4) is 0 Å². The number of likely N-dealkylation sites (tertiary alicyclic amines) is 1. The van der Waals surface area contributed by atoms with Crippen molar-refractivity contribution in [2.75, 3.05) is 13.7 Å². The highest BCUT2D eigenvalue weighted by atomic mass is 19.1. The summed E-state index contributed by atoms with van der Waals surface area (Å²) in [6.07, 6.45) is 5.44. The molecule has 1 aromatic carbocycles. The second-order valence-corrected chi connectivity index (χ2v) is 7.41. The molecule has 2 atom stereocenters. The van der Waals surface area contributed by atoms with Crippen molar-refractivity contribution >= 4 is 5.91 Å². The van der Waals surface area contributed by atoms with E-state index in [1.807, 2.05) is 13.0 Å². The van der Waals surface area contributed by atoms with E-state index in [-0.39, 0.29) is 41.8 Å². The number of carbonyl (C=O) groups excluding carboxylic acids is 1. The van der Waals surface area contributed by atoms with Gasteiger partial charge in [-0.05, 0) is 44.0 Å². The largest absolute Gasteiger partial charge is 0.490 e. The molecule has 164 valence electrons. The predicted octanol–water partition coefficient (Wildman–Crippen LogP) is 2.75. The molecular formula is C22H21FN6O3. The summed E-state index contributed by atoms with van der Waals surface area (Å²) in [6, 6.07) is 7.45. The van der Waals surface area contributed by atoms with Crippen LogP contribution >= 0.6 is 0 Å². The third kappa shape index (κ3) is 4.09. The van der Waals surface area contributed by atoms with Crippen LogP contribution in [0.4, 0.5) is 4.39 Å². The van der Waals surface area contributed by atoms with Crippen LogP contribution in [0.25, 0.3) is 5.69 Å². The number of piperidine rings is 1. The highest BCUT2D eigenvalue weighted by Gasteiger charge is 2.33. The van der Waals surface area contributed by atoms with Crippen LogP contribution in [0.5, 0.6) is 11.6 Å². The van der Waals surface area contributed by atoms with Crippen molar-refractivity contribution in [2.24, 2.45) is 0 Å². The number of amides is 1. The monoisotopic (exact) mass is 436 g/mol. The van der Waals surface area contributed by atoms with Crippen LogP contribution in [0.15, 0.2) is 42.9 Å². The Hall–Kier alpha value is -4.00. The Balaban J connectivity index is 1.60. The summed E-state index contributed by atoms with van der Waals surface area (Å²) in [6.45, 7) is 2.21. The summed E-state index contributed by atoms with van der Waals surface area (Å²) in [5.41, 5.74) is 0.864. The minimum absolute atomic E-state index is 0.0793. The van der Waals surface area contributed by atoms with Gasteiger partial charge in [0.25, 0.3) is 11.8 Å². The number of ether oxygens (including phenoxy) is 2. The van der Waals surface area contributed by atoms with Crippen molar-refractivity contribution in [3.05, 3.63) is 59.8 Å². The smallest absolute Gasteiger partial charge is 0.258 e. The molecular weight excluding hydrogens is 415 g/mol. The maximum atomic E-state index is 14.0. The molecule has 0 N–H and O–H groups in total. The Morgan fingerprint density at radius 1 is 1.22 bits per heavy atom. The molecule has 3 aromatic rings. The predicted molar refractivity (Wildman–Crippen MR) is 111 cm³/mol. The fourth-order valence-corrected chi connectivity index (χ4v) is 3.76. The molecule has 2 aromatic heterocycles. The van der Waals surface area contributed by atoms with Crippen molar-refractivity contribution in [3.8, 4) is 23.4 Å². The molecule has 0 spiro atoms. The van der Waals surface area contributed by atoms with Gasteiger partial charge < -0.3 is 14.4 Å². The summed E-state index contributed by atoms with van der Waals surface area (Å²) in [5.74, 6) is -0.415. The lowest BCUT2D eigenvalue weighted by Crippen LogP contribution is -2.49. The van der Waals surface area contributed by atoms with Gasteiger partial charge in [-0.2, -0.15) is 20.3 Å². The van der Waals surface area contributed by atoms with Crippen LogP contribution in [-0.2, 0) is 0 Å². The molecule has 3 heterocycles. The van der Waals surface area contributed by atoms with E-state index in [0.717, 1.165) is 0 Å². The van der Waals surface area contributed by atoms with Crippen LogP contribution < -0.4 is 9.47 Å². The molecule has 1 fully saturated rings. The minimum Gasteiger partial charge on any atom is -0.490 e. The van der Waals surface area contributed by atoms with Gasteiger partial charge in [0.2, 0.25) is 0 Å². The molecule has 0 saturated carbocycles. The number of hydrogen-bond donors (Lipinski definition) is 0. The fourth-order valence-electron chi connectivity index (χ4n) is 3.76. The maximum Gasteiger partial charge on any atom is 0.258 e. The van der Waals surface area contributed by atoms with Crippen LogP contribution in [0.1, 0.15) is 35.7 Å². The lowest BCUT2D eigenvalue weighted by atomic mass is 9.99. The SMILES string of the molecule is COc1c(C#N)ccnc1OC1CC[C@@H](C)N(C(=O)c2cc(F)ccc2-n2nccn2)C1. The number of halogens is 1. The lowest BCUT2D eigenvalue weighted by Gasteiger charge is -2.38. The first-order valence-electron chi connectivity index (χ1n) is 10.1. The lowest BCUT2D eigenvalue weighted by molar-refractivity contribution is 0.0365. The molecule has 0 bridgehead atoms. The van der Waals surface area contributed by atoms with E-state index in [9.17, 15) is 14.4 Å². The standard InChI is InChI=1S/C22H21FN6O3/c1-14-3-5-17(32-21-20(31-2)15(12-24)7-8-25-21)13-28(14)22(30)18-11-16(23)4-6-19(18)29-26-9-10-27-29/h4,6-11,14,17H,3,5,13H2,1-2H3/t14-,17?/m1/s1. The zero-order valence-electron chi connectivity index (χ0n) is 17.6. The van der Waals surface area contributed by atoms with E-state index in [2.05, 4.69) is 15.2 Å². The van der Waals surface area contributed by atoms with E-state index in [1.165, 1.54) is 48.7 Å². The van der Waals surface area contributed by atoms with Crippen LogP contribution in [0.2, 0.25) is 0 Å². The Labute approximate surface area is 184 Å². The van der Waals surface area contributed by atoms with Crippen molar-refractivity contribution in [1.82, 2.24) is 24.9 Å². The Kier molecular flexibility index (Phi) is 5.98. The van der Waals surface area contributed by atoms with Gasteiger partial charge in [0.15, 0.2) is 5.75 Å². The molecule has 1 aliphatic rings.